The van der Waals surface area contributed by atoms with Crippen molar-refractivity contribution in [3.8, 4) is 0 Å². The highest BCUT2D eigenvalue weighted by Crippen LogP contribution is 2.18. The average Bonchev–Trinajstić information content (AvgIpc) is 2.93. The minimum Gasteiger partial charge on any atom is -0.472 e. The molecule has 0 aliphatic rings. The first-order valence-electron chi connectivity index (χ1n) is 6.58. The van der Waals surface area contributed by atoms with Crippen LogP contribution in [0.5, 0.6) is 0 Å². The minimum atomic E-state index is 0.353. The largest absolute Gasteiger partial charge is 0.472 e. The Kier molecular flexibility index (Phi) is 4.59. The molecule has 0 radical (unpaired) electrons. The molecule has 2 nitrogen and oxygen atoms in total. The van der Waals surface area contributed by atoms with E-state index in [1.807, 2.05) is 6.07 Å². The molecule has 0 saturated heterocycles. The van der Waals surface area contributed by atoms with Gasteiger partial charge in [0.25, 0.3) is 0 Å². The lowest BCUT2D eigenvalue weighted by atomic mass is 9.98. The van der Waals surface area contributed by atoms with Crippen LogP contribution in [0.15, 0.2) is 53.3 Å². The molecule has 0 fully saturated rings. The summed E-state index contributed by atoms with van der Waals surface area (Å²) >= 11 is 0. The highest BCUT2D eigenvalue weighted by Gasteiger charge is 2.08. The molecule has 2 heteroatoms. The summed E-state index contributed by atoms with van der Waals surface area (Å²) in [5, 5.41) is 3.53. The summed E-state index contributed by atoms with van der Waals surface area (Å²) in [4.78, 5) is 0. The standard InChI is InChI=1S/C16H21NO/c1-13(15-6-4-3-5-7-15)8-10-17-14(2)16-9-11-18-12-16/h3-7,9,11-14,17H,8,10H2,1-2H3. The summed E-state index contributed by atoms with van der Waals surface area (Å²) in [5.74, 6) is 0.593. The van der Waals surface area contributed by atoms with Crippen molar-refractivity contribution in [3.05, 3.63) is 60.1 Å². The Morgan fingerprint density at radius 1 is 1.06 bits per heavy atom. The van der Waals surface area contributed by atoms with Crippen molar-refractivity contribution in [2.24, 2.45) is 0 Å². The van der Waals surface area contributed by atoms with Crippen LogP contribution in [0.25, 0.3) is 0 Å². The molecule has 0 aliphatic carbocycles. The molecule has 2 atom stereocenters. The fraction of sp³-hybridized carbons (Fsp3) is 0.375. The fourth-order valence-electron chi connectivity index (χ4n) is 2.10. The van der Waals surface area contributed by atoms with E-state index in [0.29, 0.717) is 12.0 Å². The van der Waals surface area contributed by atoms with Crippen LogP contribution >= 0.6 is 0 Å². The zero-order valence-corrected chi connectivity index (χ0v) is 11.1. The third-order valence-corrected chi connectivity index (χ3v) is 3.44. The summed E-state index contributed by atoms with van der Waals surface area (Å²) in [6.07, 6.45) is 4.67. The van der Waals surface area contributed by atoms with Crippen molar-refractivity contribution in [1.82, 2.24) is 5.32 Å². The maximum absolute atomic E-state index is 5.09. The fourth-order valence-corrected chi connectivity index (χ4v) is 2.10. The lowest BCUT2D eigenvalue weighted by Crippen LogP contribution is -2.20. The zero-order valence-electron chi connectivity index (χ0n) is 11.1. The summed E-state index contributed by atoms with van der Waals surface area (Å²) < 4.78 is 5.09. The van der Waals surface area contributed by atoms with Gasteiger partial charge in [0.1, 0.15) is 0 Å². The highest BCUT2D eigenvalue weighted by molar-refractivity contribution is 5.18. The monoisotopic (exact) mass is 243 g/mol. The highest BCUT2D eigenvalue weighted by atomic mass is 16.3. The van der Waals surface area contributed by atoms with Crippen LogP contribution in [0.4, 0.5) is 0 Å². The van der Waals surface area contributed by atoms with Gasteiger partial charge in [-0.05, 0) is 37.4 Å². The molecule has 0 saturated carbocycles. The van der Waals surface area contributed by atoms with Gasteiger partial charge in [0, 0.05) is 11.6 Å². The second kappa shape index (κ2) is 6.41. The normalized spacial score (nSPS) is 14.3. The van der Waals surface area contributed by atoms with Gasteiger partial charge in [-0.3, -0.25) is 0 Å². The van der Waals surface area contributed by atoms with Crippen LogP contribution in [0.1, 0.15) is 43.4 Å². The molecule has 1 aromatic heterocycles. The van der Waals surface area contributed by atoms with E-state index in [-0.39, 0.29) is 0 Å². The Morgan fingerprint density at radius 3 is 2.50 bits per heavy atom. The second-order valence-electron chi connectivity index (χ2n) is 4.83. The molecule has 0 bridgehead atoms. The first kappa shape index (κ1) is 12.9. The third kappa shape index (κ3) is 3.47. The maximum Gasteiger partial charge on any atom is 0.0950 e. The molecule has 0 spiro atoms. The van der Waals surface area contributed by atoms with Crippen molar-refractivity contribution in [2.45, 2.75) is 32.2 Å². The topological polar surface area (TPSA) is 25.2 Å². The predicted octanol–water partition coefficient (Wildman–Crippen LogP) is 4.12. The van der Waals surface area contributed by atoms with Gasteiger partial charge in [0.05, 0.1) is 12.5 Å². The van der Waals surface area contributed by atoms with Crippen LogP contribution in [0.3, 0.4) is 0 Å². The van der Waals surface area contributed by atoms with Gasteiger partial charge in [-0.15, -0.1) is 0 Å². The lowest BCUT2D eigenvalue weighted by Gasteiger charge is -2.15. The molecule has 2 rings (SSSR count). The molecule has 96 valence electrons. The number of benzene rings is 1. The Morgan fingerprint density at radius 2 is 1.83 bits per heavy atom. The Bertz CT molecular complexity index is 435. The van der Waals surface area contributed by atoms with Crippen LogP contribution in [-0.2, 0) is 0 Å². The molecular weight excluding hydrogens is 222 g/mol. The molecule has 0 aliphatic heterocycles. The van der Waals surface area contributed by atoms with Crippen molar-refractivity contribution < 1.29 is 4.42 Å². The van der Waals surface area contributed by atoms with Gasteiger partial charge >= 0.3 is 0 Å². The van der Waals surface area contributed by atoms with Crippen molar-refractivity contribution in [2.75, 3.05) is 6.54 Å². The van der Waals surface area contributed by atoms with Gasteiger partial charge in [-0.2, -0.15) is 0 Å². The summed E-state index contributed by atoms with van der Waals surface area (Å²) in [7, 11) is 0. The van der Waals surface area contributed by atoms with E-state index in [4.69, 9.17) is 4.42 Å². The van der Waals surface area contributed by atoms with E-state index in [0.717, 1.165) is 13.0 Å². The third-order valence-electron chi connectivity index (χ3n) is 3.44. The van der Waals surface area contributed by atoms with Gasteiger partial charge in [0.15, 0.2) is 0 Å². The average molecular weight is 243 g/mol. The first-order valence-corrected chi connectivity index (χ1v) is 6.58. The minimum absolute atomic E-state index is 0.353. The Labute approximate surface area is 109 Å². The van der Waals surface area contributed by atoms with E-state index in [1.165, 1.54) is 11.1 Å². The number of nitrogens with one attached hydrogen (secondary N) is 1. The molecule has 18 heavy (non-hydrogen) atoms. The van der Waals surface area contributed by atoms with Gasteiger partial charge in [0.2, 0.25) is 0 Å². The molecule has 1 heterocycles. The first-order chi connectivity index (χ1) is 8.77. The van der Waals surface area contributed by atoms with E-state index < -0.39 is 0 Å². The maximum atomic E-state index is 5.09. The van der Waals surface area contributed by atoms with Gasteiger partial charge in [-0.1, -0.05) is 37.3 Å². The van der Waals surface area contributed by atoms with Crippen LogP contribution in [0, 0.1) is 0 Å². The summed E-state index contributed by atoms with van der Waals surface area (Å²) in [5.41, 5.74) is 2.62. The van der Waals surface area contributed by atoms with Crippen molar-refractivity contribution in [1.29, 1.82) is 0 Å². The molecule has 2 aromatic rings. The Balaban J connectivity index is 1.76. The van der Waals surface area contributed by atoms with E-state index >= 15 is 0 Å². The zero-order chi connectivity index (χ0) is 12.8. The SMILES string of the molecule is CC(CCNC(C)c1ccoc1)c1ccccc1. The van der Waals surface area contributed by atoms with Crippen LogP contribution in [0.2, 0.25) is 0 Å². The van der Waals surface area contributed by atoms with E-state index in [2.05, 4.69) is 49.5 Å². The molecule has 2 unspecified atom stereocenters. The Hall–Kier alpha value is -1.54. The second-order valence-corrected chi connectivity index (χ2v) is 4.83. The summed E-state index contributed by atoms with van der Waals surface area (Å²) in [6.45, 7) is 5.46. The molecule has 0 amide bonds. The van der Waals surface area contributed by atoms with Crippen LogP contribution in [-0.4, -0.2) is 6.54 Å². The quantitative estimate of drug-likeness (QED) is 0.825. The van der Waals surface area contributed by atoms with E-state index in [9.17, 15) is 0 Å². The molecule has 1 N–H and O–H groups in total. The number of furan rings is 1. The smallest absolute Gasteiger partial charge is 0.0950 e. The van der Waals surface area contributed by atoms with Crippen LogP contribution < -0.4 is 5.32 Å². The number of rotatable bonds is 6. The number of hydrogen-bond acceptors (Lipinski definition) is 2. The van der Waals surface area contributed by atoms with Crippen molar-refractivity contribution >= 4 is 0 Å². The molecular formula is C16H21NO. The van der Waals surface area contributed by atoms with Crippen molar-refractivity contribution in [3.63, 3.8) is 0 Å². The lowest BCUT2D eigenvalue weighted by molar-refractivity contribution is 0.517. The molecule has 1 aromatic carbocycles. The van der Waals surface area contributed by atoms with E-state index in [1.54, 1.807) is 12.5 Å². The van der Waals surface area contributed by atoms with Gasteiger partial charge < -0.3 is 9.73 Å². The predicted molar refractivity (Wildman–Crippen MR) is 74.6 cm³/mol. The number of hydrogen-bond donors (Lipinski definition) is 1. The summed E-state index contributed by atoms with van der Waals surface area (Å²) in [6, 6.07) is 13.0. The van der Waals surface area contributed by atoms with Gasteiger partial charge in [-0.25, -0.2) is 0 Å².